The number of anilines is 1. The summed E-state index contributed by atoms with van der Waals surface area (Å²) in [6, 6.07) is 11.3. The number of methoxy groups -OCH3 is 1. The lowest BCUT2D eigenvalue weighted by Crippen LogP contribution is -2.09. The normalized spacial score (nSPS) is 10.2. The standard InChI is InChI=1S/C16H16FNO2/c1-18(2)12-6-4-11(5-7-12)16(19)14-9-8-13(20-3)10-15(14)17/h4-10H,1-3H3. The van der Waals surface area contributed by atoms with Crippen molar-refractivity contribution in [3.63, 3.8) is 0 Å². The van der Waals surface area contributed by atoms with Gasteiger partial charge in [0.1, 0.15) is 11.6 Å². The van der Waals surface area contributed by atoms with Crippen LogP contribution in [0.25, 0.3) is 0 Å². The molecule has 0 bridgehead atoms. The number of carbonyl (C=O) groups is 1. The molecule has 3 nitrogen and oxygen atoms in total. The monoisotopic (exact) mass is 273 g/mol. The van der Waals surface area contributed by atoms with E-state index in [0.717, 1.165) is 5.69 Å². The third-order valence-corrected chi connectivity index (χ3v) is 3.07. The van der Waals surface area contributed by atoms with Gasteiger partial charge in [-0.2, -0.15) is 0 Å². The maximum Gasteiger partial charge on any atom is 0.195 e. The summed E-state index contributed by atoms with van der Waals surface area (Å²) >= 11 is 0. The summed E-state index contributed by atoms with van der Waals surface area (Å²) in [4.78, 5) is 14.2. The third-order valence-electron chi connectivity index (χ3n) is 3.07. The molecule has 0 unspecified atom stereocenters. The SMILES string of the molecule is COc1ccc(C(=O)c2ccc(N(C)C)cc2)c(F)c1. The molecule has 0 aromatic heterocycles. The topological polar surface area (TPSA) is 29.5 Å². The van der Waals surface area contributed by atoms with E-state index in [1.165, 1.54) is 19.2 Å². The molecule has 0 saturated carbocycles. The van der Waals surface area contributed by atoms with Crippen LogP contribution in [0.3, 0.4) is 0 Å². The van der Waals surface area contributed by atoms with E-state index in [4.69, 9.17) is 4.74 Å². The second-order valence-electron chi connectivity index (χ2n) is 4.62. The van der Waals surface area contributed by atoms with Gasteiger partial charge in [-0.15, -0.1) is 0 Å². The predicted octanol–water partition coefficient (Wildman–Crippen LogP) is 3.13. The number of ketones is 1. The summed E-state index contributed by atoms with van der Waals surface area (Å²) in [6.45, 7) is 0. The Balaban J connectivity index is 2.31. The van der Waals surface area contributed by atoms with Gasteiger partial charge in [0.05, 0.1) is 12.7 Å². The van der Waals surface area contributed by atoms with Gasteiger partial charge < -0.3 is 9.64 Å². The molecule has 0 saturated heterocycles. The minimum Gasteiger partial charge on any atom is -0.497 e. The number of nitrogens with zero attached hydrogens (tertiary/aromatic N) is 1. The van der Waals surface area contributed by atoms with Gasteiger partial charge in [0, 0.05) is 31.4 Å². The first-order chi connectivity index (χ1) is 9.52. The molecule has 0 aliphatic rings. The molecule has 20 heavy (non-hydrogen) atoms. The van der Waals surface area contributed by atoms with Crippen molar-refractivity contribution in [2.75, 3.05) is 26.1 Å². The molecule has 0 atom stereocenters. The number of benzene rings is 2. The number of halogens is 1. The lowest BCUT2D eigenvalue weighted by Gasteiger charge is -2.12. The smallest absolute Gasteiger partial charge is 0.195 e. The first-order valence-corrected chi connectivity index (χ1v) is 6.18. The van der Waals surface area contributed by atoms with E-state index in [1.54, 1.807) is 18.2 Å². The molecular weight excluding hydrogens is 257 g/mol. The Hall–Kier alpha value is -2.36. The Kier molecular flexibility index (Phi) is 4.03. The number of carbonyl (C=O) groups excluding carboxylic acids is 1. The van der Waals surface area contributed by atoms with Crippen LogP contribution in [0.15, 0.2) is 42.5 Å². The molecule has 0 radical (unpaired) electrons. The lowest BCUT2D eigenvalue weighted by atomic mass is 10.0. The van der Waals surface area contributed by atoms with Crippen molar-refractivity contribution in [1.29, 1.82) is 0 Å². The molecule has 0 spiro atoms. The largest absolute Gasteiger partial charge is 0.497 e. The van der Waals surface area contributed by atoms with E-state index in [2.05, 4.69) is 0 Å². The zero-order valence-electron chi connectivity index (χ0n) is 11.7. The molecule has 0 aliphatic carbocycles. The minimum absolute atomic E-state index is 0.0448. The van der Waals surface area contributed by atoms with Crippen LogP contribution < -0.4 is 9.64 Å². The summed E-state index contributed by atoms with van der Waals surface area (Å²) in [5, 5.41) is 0. The third kappa shape index (κ3) is 2.79. The van der Waals surface area contributed by atoms with Gasteiger partial charge in [-0.25, -0.2) is 4.39 Å². The van der Waals surface area contributed by atoms with Crippen LogP contribution >= 0.6 is 0 Å². The van der Waals surface area contributed by atoms with Gasteiger partial charge >= 0.3 is 0 Å². The van der Waals surface area contributed by atoms with Crippen molar-refractivity contribution < 1.29 is 13.9 Å². The van der Waals surface area contributed by atoms with Crippen LogP contribution in [0.5, 0.6) is 5.75 Å². The van der Waals surface area contributed by atoms with Crippen molar-refractivity contribution in [2.45, 2.75) is 0 Å². The van der Waals surface area contributed by atoms with Crippen LogP contribution in [0.4, 0.5) is 10.1 Å². The molecule has 4 heteroatoms. The molecule has 2 aromatic rings. The average Bonchev–Trinajstić information content (AvgIpc) is 2.46. The molecule has 0 amide bonds. The summed E-state index contributed by atoms with van der Waals surface area (Å²) in [5.41, 5.74) is 1.49. The zero-order valence-corrected chi connectivity index (χ0v) is 11.7. The summed E-state index contributed by atoms with van der Waals surface area (Å²) in [7, 11) is 5.29. The second kappa shape index (κ2) is 5.74. The van der Waals surface area contributed by atoms with Gasteiger partial charge in [-0.1, -0.05) is 0 Å². The van der Waals surface area contributed by atoms with E-state index >= 15 is 0 Å². The fourth-order valence-corrected chi connectivity index (χ4v) is 1.87. The van der Waals surface area contributed by atoms with Crippen LogP contribution in [-0.4, -0.2) is 27.0 Å². The Labute approximate surface area is 117 Å². The quantitative estimate of drug-likeness (QED) is 0.802. The number of hydrogen-bond donors (Lipinski definition) is 0. The Morgan fingerprint density at radius 1 is 1.10 bits per heavy atom. The Bertz CT molecular complexity index is 621. The summed E-state index contributed by atoms with van der Waals surface area (Å²) < 4.78 is 18.8. The predicted molar refractivity (Wildman–Crippen MR) is 77.2 cm³/mol. The number of rotatable bonds is 4. The van der Waals surface area contributed by atoms with E-state index in [-0.39, 0.29) is 11.3 Å². The molecule has 2 rings (SSSR count). The molecule has 0 N–H and O–H groups in total. The van der Waals surface area contributed by atoms with E-state index in [0.29, 0.717) is 11.3 Å². The highest BCUT2D eigenvalue weighted by Crippen LogP contribution is 2.20. The van der Waals surface area contributed by atoms with Crippen molar-refractivity contribution in [2.24, 2.45) is 0 Å². The Morgan fingerprint density at radius 3 is 2.25 bits per heavy atom. The lowest BCUT2D eigenvalue weighted by molar-refractivity contribution is 0.103. The van der Waals surface area contributed by atoms with Gasteiger partial charge in [0.25, 0.3) is 0 Å². The van der Waals surface area contributed by atoms with Crippen molar-refractivity contribution in [1.82, 2.24) is 0 Å². The molecular formula is C16H16FNO2. The van der Waals surface area contributed by atoms with Gasteiger partial charge in [0.15, 0.2) is 5.78 Å². The minimum atomic E-state index is -0.578. The number of ether oxygens (including phenoxy) is 1. The second-order valence-corrected chi connectivity index (χ2v) is 4.62. The van der Waals surface area contributed by atoms with Crippen LogP contribution in [0.2, 0.25) is 0 Å². The molecule has 104 valence electrons. The molecule has 0 fully saturated rings. The maximum absolute atomic E-state index is 13.9. The molecule has 0 heterocycles. The van der Waals surface area contributed by atoms with Crippen molar-refractivity contribution in [3.8, 4) is 5.75 Å². The first-order valence-electron chi connectivity index (χ1n) is 6.18. The highest BCUT2D eigenvalue weighted by molar-refractivity contribution is 6.09. The fraction of sp³-hybridized carbons (Fsp3) is 0.188. The highest BCUT2D eigenvalue weighted by Gasteiger charge is 2.14. The average molecular weight is 273 g/mol. The van der Waals surface area contributed by atoms with Crippen LogP contribution in [0.1, 0.15) is 15.9 Å². The van der Waals surface area contributed by atoms with Crippen LogP contribution in [0, 0.1) is 5.82 Å². The maximum atomic E-state index is 13.9. The number of hydrogen-bond acceptors (Lipinski definition) is 3. The van der Waals surface area contributed by atoms with Crippen LogP contribution in [-0.2, 0) is 0 Å². The molecule has 2 aromatic carbocycles. The summed E-state index contributed by atoms with van der Waals surface area (Å²) in [6.07, 6.45) is 0. The van der Waals surface area contributed by atoms with Crippen molar-refractivity contribution in [3.05, 3.63) is 59.4 Å². The zero-order chi connectivity index (χ0) is 14.7. The van der Waals surface area contributed by atoms with Gasteiger partial charge in [-0.3, -0.25) is 4.79 Å². The summed E-state index contributed by atoms with van der Waals surface area (Å²) in [5.74, 6) is -0.525. The van der Waals surface area contributed by atoms with Gasteiger partial charge in [-0.05, 0) is 36.4 Å². The first kappa shape index (κ1) is 14.1. The van der Waals surface area contributed by atoms with E-state index < -0.39 is 5.82 Å². The Morgan fingerprint density at radius 2 is 1.75 bits per heavy atom. The van der Waals surface area contributed by atoms with Gasteiger partial charge in [0.2, 0.25) is 0 Å². The highest BCUT2D eigenvalue weighted by atomic mass is 19.1. The fourth-order valence-electron chi connectivity index (χ4n) is 1.87. The molecule has 0 aliphatic heterocycles. The van der Waals surface area contributed by atoms with E-state index in [1.807, 2.05) is 31.1 Å². The van der Waals surface area contributed by atoms with Crippen molar-refractivity contribution >= 4 is 11.5 Å². The van der Waals surface area contributed by atoms with E-state index in [9.17, 15) is 9.18 Å².